The van der Waals surface area contributed by atoms with E-state index in [-0.39, 0.29) is 18.8 Å². The van der Waals surface area contributed by atoms with Crippen molar-refractivity contribution in [1.82, 2.24) is 15.6 Å². The maximum absolute atomic E-state index is 13.4. The van der Waals surface area contributed by atoms with Crippen molar-refractivity contribution in [2.45, 2.75) is 13.8 Å². The predicted octanol–water partition coefficient (Wildman–Crippen LogP) is 1.73. The molecule has 2 amide bonds. The van der Waals surface area contributed by atoms with Gasteiger partial charge in [0.05, 0.1) is 0 Å². The van der Waals surface area contributed by atoms with Gasteiger partial charge in [-0.05, 0) is 19.1 Å². The fourth-order valence-corrected chi connectivity index (χ4v) is 1.98. The number of halogens is 2. The zero-order valence-electron chi connectivity index (χ0n) is 12.6. The lowest BCUT2D eigenvalue weighted by Crippen LogP contribution is -2.35. The normalized spacial score (nSPS) is 10.4. The van der Waals surface area contributed by atoms with Gasteiger partial charge in [-0.2, -0.15) is 0 Å². The summed E-state index contributed by atoms with van der Waals surface area (Å²) in [5, 5.41) is 4.86. The first kappa shape index (κ1) is 16.6. The minimum Gasteiger partial charge on any atom is -0.445 e. The lowest BCUT2D eigenvalue weighted by atomic mass is 10.2. The summed E-state index contributed by atoms with van der Waals surface area (Å²) in [5.41, 5.74) is -0.490. The fourth-order valence-electron chi connectivity index (χ4n) is 1.98. The molecule has 0 aliphatic carbocycles. The second-order valence-electron chi connectivity index (χ2n) is 4.75. The number of rotatable bonds is 5. The molecule has 2 rings (SSSR count). The van der Waals surface area contributed by atoms with Gasteiger partial charge in [-0.1, -0.05) is 6.07 Å². The molecule has 0 aliphatic heterocycles. The van der Waals surface area contributed by atoms with Crippen LogP contribution in [0.4, 0.5) is 8.78 Å². The smallest absolute Gasteiger partial charge is 0.273 e. The summed E-state index contributed by atoms with van der Waals surface area (Å²) in [7, 11) is 0. The van der Waals surface area contributed by atoms with Gasteiger partial charge in [-0.25, -0.2) is 13.8 Å². The Bertz CT molecular complexity index is 723. The molecule has 2 aromatic rings. The van der Waals surface area contributed by atoms with Crippen molar-refractivity contribution in [1.29, 1.82) is 0 Å². The van der Waals surface area contributed by atoms with Crippen LogP contribution in [0.2, 0.25) is 0 Å². The van der Waals surface area contributed by atoms with Gasteiger partial charge in [0, 0.05) is 20.0 Å². The first-order valence-electron chi connectivity index (χ1n) is 6.84. The van der Waals surface area contributed by atoms with E-state index in [1.54, 1.807) is 13.8 Å². The van der Waals surface area contributed by atoms with Crippen molar-refractivity contribution in [2.75, 3.05) is 13.1 Å². The molecule has 0 spiro atoms. The average Bonchev–Trinajstić information content (AvgIpc) is 2.82. The van der Waals surface area contributed by atoms with Crippen LogP contribution in [0.3, 0.4) is 0 Å². The van der Waals surface area contributed by atoms with Crippen LogP contribution in [-0.2, 0) is 0 Å². The average molecular weight is 323 g/mol. The van der Waals surface area contributed by atoms with E-state index in [0.717, 1.165) is 12.1 Å². The zero-order chi connectivity index (χ0) is 17.0. The standard InChI is InChI=1S/C15H15F2N3O3/c1-8-13(20-9(2)23-8)15(22)19-7-6-18-14(21)12-10(16)4-3-5-11(12)17/h3-5H,6-7H2,1-2H3,(H,18,21)(H,19,22). The summed E-state index contributed by atoms with van der Waals surface area (Å²) in [6.45, 7) is 3.31. The Morgan fingerprint density at radius 1 is 1.09 bits per heavy atom. The Hall–Kier alpha value is -2.77. The molecule has 0 saturated carbocycles. The highest BCUT2D eigenvalue weighted by molar-refractivity contribution is 5.95. The SMILES string of the molecule is Cc1nc(C(=O)NCCNC(=O)c2c(F)cccc2F)c(C)o1. The number of nitrogens with one attached hydrogen (secondary N) is 2. The zero-order valence-corrected chi connectivity index (χ0v) is 12.6. The first-order chi connectivity index (χ1) is 10.9. The second kappa shape index (κ2) is 6.99. The van der Waals surface area contributed by atoms with E-state index in [2.05, 4.69) is 15.6 Å². The van der Waals surface area contributed by atoms with Crippen LogP contribution >= 0.6 is 0 Å². The number of carbonyl (C=O) groups excluding carboxylic acids is 2. The van der Waals surface area contributed by atoms with E-state index in [1.165, 1.54) is 6.07 Å². The van der Waals surface area contributed by atoms with Crippen LogP contribution in [-0.4, -0.2) is 29.9 Å². The Morgan fingerprint density at radius 2 is 1.65 bits per heavy atom. The summed E-state index contributed by atoms with van der Waals surface area (Å²) >= 11 is 0. The first-order valence-corrected chi connectivity index (χ1v) is 6.84. The molecule has 0 radical (unpaired) electrons. The molecule has 23 heavy (non-hydrogen) atoms. The highest BCUT2D eigenvalue weighted by atomic mass is 19.1. The fraction of sp³-hybridized carbons (Fsp3) is 0.267. The van der Waals surface area contributed by atoms with E-state index in [9.17, 15) is 18.4 Å². The highest BCUT2D eigenvalue weighted by Crippen LogP contribution is 2.11. The van der Waals surface area contributed by atoms with Crippen LogP contribution in [0.1, 0.15) is 32.5 Å². The Kier molecular flexibility index (Phi) is 5.05. The Labute approximate surface area is 130 Å². The third kappa shape index (κ3) is 3.91. The summed E-state index contributed by atoms with van der Waals surface area (Å²) in [5.74, 6) is -2.47. The van der Waals surface area contributed by atoms with Crippen LogP contribution in [0.25, 0.3) is 0 Å². The molecule has 0 aliphatic rings. The van der Waals surface area contributed by atoms with Gasteiger partial charge < -0.3 is 15.1 Å². The third-order valence-corrected chi connectivity index (χ3v) is 3.00. The number of aryl methyl sites for hydroxylation is 2. The number of oxazole rings is 1. The molecule has 1 aromatic carbocycles. The molecule has 0 bridgehead atoms. The largest absolute Gasteiger partial charge is 0.445 e. The summed E-state index contributed by atoms with van der Waals surface area (Å²) in [6, 6.07) is 3.16. The predicted molar refractivity (Wildman–Crippen MR) is 77.0 cm³/mol. The number of hydrogen-bond donors (Lipinski definition) is 2. The summed E-state index contributed by atoms with van der Waals surface area (Å²) in [6.07, 6.45) is 0. The quantitative estimate of drug-likeness (QED) is 0.821. The van der Waals surface area contributed by atoms with Crippen LogP contribution in [0.5, 0.6) is 0 Å². The summed E-state index contributed by atoms with van der Waals surface area (Å²) in [4.78, 5) is 27.5. The maximum atomic E-state index is 13.4. The Morgan fingerprint density at radius 3 is 2.17 bits per heavy atom. The van der Waals surface area contributed by atoms with E-state index in [1.807, 2.05) is 0 Å². The number of aromatic nitrogens is 1. The van der Waals surface area contributed by atoms with Gasteiger partial charge in [-0.3, -0.25) is 9.59 Å². The molecule has 8 heteroatoms. The monoisotopic (exact) mass is 323 g/mol. The van der Waals surface area contributed by atoms with E-state index >= 15 is 0 Å². The van der Waals surface area contributed by atoms with Gasteiger partial charge >= 0.3 is 0 Å². The molecule has 0 atom stereocenters. The van der Waals surface area contributed by atoms with Gasteiger partial charge in [0.2, 0.25) is 0 Å². The van der Waals surface area contributed by atoms with E-state index < -0.39 is 29.0 Å². The molecule has 0 fully saturated rings. The van der Waals surface area contributed by atoms with Gasteiger partial charge in [0.15, 0.2) is 11.6 Å². The molecule has 0 unspecified atom stereocenters. The summed E-state index contributed by atoms with van der Waals surface area (Å²) < 4.78 is 32.0. The van der Waals surface area contributed by atoms with E-state index in [4.69, 9.17) is 4.42 Å². The third-order valence-electron chi connectivity index (χ3n) is 3.00. The minimum atomic E-state index is -0.944. The number of hydrogen-bond acceptors (Lipinski definition) is 4. The second-order valence-corrected chi connectivity index (χ2v) is 4.75. The topological polar surface area (TPSA) is 84.2 Å². The van der Waals surface area contributed by atoms with Crippen molar-refractivity contribution in [3.8, 4) is 0 Å². The van der Waals surface area contributed by atoms with Crippen molar-refractivity contribution in [3.05, 3.63) is 52.7 Å². The Balaban J connectivity index is 1.85. The van der Waals surface area contributed by atoms with Crippen LogP contribution in [0.15, 0.2) is 22.6 Å². The van der Waals surface area contributed by atoms with Crippen LogP contribution < -0.4 is 10.6 Å². The molecule has 122 valence electrons. The van der Waals surface area contributed by atoms with Gasteiger partial charge in [-0.15, -0.1) is 0 Å². The molecule has 6 nitrogen and oxygen atoms in total. The maximum Gasteiger partial charge on any atom is 0.273 e. The lowest BCUT2D eigenvalue weighted by molar-refractivity contribution is 0.0920. The molecular weight excluding hydrogens is 308 g/mol. The molecule has 1 heterocycles. The molecule has 1 aromatic heterocycles. The van der Waals surface area contributed by atoms with Gasteiger partial charge in [0.25, 0.3) is 11.8 Å². The van der Waals surface area contributed by atoms with Crippen molar-refractivity contribution < 1.29 is 22.8 Å². The van der Waals surface area contributed by atoms with Crippen molar-refractivity contribution in [2.24, 2.45) is 0 Å². The molecule has 0 saturated heterocycles. The number of benzene rings is 1. The number of nitrogens with zero attached hydrogens (tertiary/aromatic N) is 1. The highest BCUT2D eigenvalue weighted by Gasteiger charge is 2.17. The van der Waals surface area contributed by atoms with Crippen molar-refractivity contribution >= 4 is 11.8 Å². The molecule has 2 N–H and O–H groups in total. The van der Waals surface area contributed by atoms with Crippen molar-refractivity contribution in [3.63, 3.8) is 0 Å². The minimum absolute atomic E-state index is 0.00816. The lowest BCUT2D eigenvalue weighted by Gasteiger charge is -2.07. The number of amides is 2. The van der Waals surface area contributed by atoms with Gasteiger partial charge in [0.1, 0.15) is 23.0 Å². The van der Waals surface area contributed by atoms with Crippen LogP contribution in [0, 0.1) is 25.5 Å². The number of carbonyl (C=O) groups is 2. The molecular formula is C15H15F2N3O3. The van der Waals surface area contributed by atoms with E-state index in [0.29, 0.717) is 11.7 Å².